The number of nitrogens with zero attached hydrogens (tertiary/aromatic N) is 4. The Bertz CT molecular complexity index is 1090. The number of amides is 1. The fourth-order valence-electron chi connectivity index (χ4n) is 2.90. The van der Waals surface area contributed by atoms with Crippen molar-refractivity contribution in [2.75, 3.05) is 5.32 Å². The molecule has 0 aliphatic carbocycles. The fourth-order valence-corrected chi connectivity index (χ4v) is 2.90. The summed E-state index contributed by atoms with van der Waals surface area (Å²) in [6.45, 7) is 3.90. The summed E-state index contributed by atoms with van der Waals surface area (Å²) in [6.07, 6.45) is 3.11. The molecule has 0 radical (unpaired) electrons. The number of aryl methyl sites for hydroxylation is 2. The minimum absolute atomic E-state index is 0.153. The summed E-state index contributed by atoms with van der Waals surface area (Å²) in [6, 6.07) is 15.2. The van der Waals surface area contributed by atoms with Crippen LogP contribution in [0.1, 0.15) is 21.6 Å². The van der Waals surface area contributed by atoms with Crippen molar-refractivity contribution in [1.82, 2.24) is 19.7 Å². The van der Waals surface area contributed by atoms with Crippen LogP contribution in [0.3, 0.4) is 0 Å². The number of hydrogen-bond acceptors (Lipinski definition) is 4. The van der Waals surface area contributed by atoms with Crippen molar-refractivity contribution in [2.45, 2.75) is 13.8 Å². The summed E-state index contributed by atoms with van der Waals surface area (Å²) in [5.41, 5.74) is 4.94. The van der Waals surface area contributed by atoms with Gasteiger partial charge >= 0.3 is 0 Å². The number of pyridine rings is 1. The summed E-state index contributed by atoms with van der Waals surface area (Å²) in [7, 11) is 0. The maximum atomic E-state index is 12.8. The molecular formula is C20H17N5O. The first-order valence-corrected chi connectivity index (χ1v) is 8.24. The van der Waals surface area contributed by atoms with Gasteiger partial charge in [-0.15, -0.1) is 0 Å². The lowest BCUT2D eigenvalue weighted by Crippen LogP contribution is -2.13. The summed E-state index contributed by atoms with van der Waals surface area (Å²) in [5, 5.41) is 7.90. The number of hydrogen-bond donors (Lipinski definition) is 1. The summed E-state index contributed by atoms with van der Waals surface area (Å²) in [4.78, 5) is 21.3. The highest BCUT2D eigenvalue weighted by Crippen LogP contribution is 2.21. The lowest BCUT2D eigenvalue weighted by Gasteiger charge is -2.10. The zero-order valence-corrected chi connectivity index (χ0v) is 14.5. The van der Waals surface area contributed by atoms with Crippen LogP contribution in [0.25, 0.3) is 16.6 Å². The molecule has 1 N–H and O–H groups in total. The van der Waals surface area contributed by atoms with E-state index in [0.717, 1.165) is 27.8 Å². The van der Waals surface area contributed by atoms with Gasteiger partial charge in [-0.2, -0.15) is 5.10 Å². The minimum atomic E-state index is -0.153. The Hall–Kier alpha value is -3.54. The molecule has 2 aromatic carbocycles. The molecule has 6 nitrogen and oxygen atoms in total. The first-order chi connectivity index (χ1) is 12.6. The second-order valence-electron chi connectivity index (χ2n) is 6.17. The molecule has 6 heteroatoms. The summed E-state index contributed by atoms with van der Waals surface area (Å²) in [5.74, 6) is -0.153. The number of rotatable bonds is 3. The van der Waals surface area contributed by atoms with Gasteiger partial charge < -0.3 is 5.32 Å². The molecule has 0 spiro atoms. The monoisotopic (exact) mass is 343 g/mol. The standard InChI is InChI=1S/C20H17N5O/c1-13-3-8-19-17(9-13)18(10-14(2)23-19)20(26)24-15-4-6-16(7-5-15)25-12-21-11-22-25/h3-12H,1-2H3,(H,24,26). The van der Waals surface area contributed by atoms with E-state index in [1.54, 1.807) is 11.0 Å². The van der Waals surface area contributed by atoms with Crippen LogP contribution in [0.2, 0.25) is 0 Å². The topological polar surface area (TPSA) is 72.7 Å². The van der Waals surface area contributed by atoms with Crippen molar-refractivity contribution < 1.29 is 4.79 Å². The number of nitrogens with one attached hydrogen (secondary N) is 1. The Labute approximate surface area is 150 Å². The predicted octanol–water partition coefficient (Wildman–Crippen LogP) is 3.68. The van der Waals surface area contributed by atoms with Gasteiger partial charge in [-0.3, -0.25) is 9.78 Å². The number of aromatic nitrogens is 4. The Morgan fingerprint density at radius 3 is 2.58 bits per heavy atom. The maximum Gasteiger partial charge on any atom is 0.256 e. The van der Waals surface area contributed by atoms with E-state index in [1.165, 1.54) is 6.33 Å². The molecule has 0 aliphatic heterocycles. The van der Waals surface area contributed by atoms with E-state index < -0.39 is 0 Å². The van der Waals surface area contributed by atoms with Crippen molar-refractivity contribution in [3.8, 4) is 5.69 Å². The van der Waals surface area contributed by atoms with Crippen LogP contribution in [0, 0.1) is 13.8 Å². The summed E-state index contributed by atoms with van der Waals surface area (Å²) >= 11 is 0. The van der Waals surface area contributed by atoms with Crippen LogP contribution in [-0.4, -0.2) is 25.7 Å². The second kappa shape index (κ2) is 6.40. The van der Waals surface area contributed by atoms with E-state index in [4.69, 9.17) is 0 Å². The molecule has 4 aromatic rings. The third-order valence-corrected chi connectivity index (χ3v) is 4.15. The molecule has 2 heterocycles. The van der Waals surface area contributed by atoms with Crippen molar-refractivity contribution in [3.63, 3.8) is 0 Å². The second-order valence-corrected chi connectivity index (χ2v) is 6.17. The molecule has 2 aromatic heterocycles. The number of fused-ring (bicyclic) bond motifs is 1. The Morgan fingerprint density at radius 2 is 1.85 bits per heavy atom. The van der Waals surface area contributed by atoms with Gasteiger partial charge in [-0.25, -0.2) is 9.67 Å². The summed E-state index contributed by atoms with van der Waals surface area (Å²) < 4.78 is 1.66. The molecule has 0 saturated heterocycles. The molecule has 0 saturated carbocycles. The van der Waals surface area contributed by atoms with Crippen molar-refractivity contribution in [1.29, 1.82) is 0 Å². The van der Waals surface area contributed by atoms with Gasteiger partial charge in [0, 0.05) is 16.8 Å². The Morgan fingerprint density at radius 1 is 1.04 bits per heavy atom. The first-order valence-electron chi connectivity index (χ1n) is 8.24. The van der Waals surface area contributed by atoms with E-state index >= 15 is 0 Å². The molecule has 0 atom stereocenters. The molecule has 0 unspecified atom stereocenters. The van der Waals surface area contributed by atoms with Crippen LogP contribution in [0.4, 0.5) is 5.69 Å². The minimum Gasteiger partial charge on any atom is -0.322 e. The van der Waals surface area contributed by atoms with Crippen LogP contribution in [0.5, 0.6) is 0 Å². The maximum absolute atomic E-state index is 12.8. The van der Waals surface area contributed by atoms with Crippen LogP contribution in [0.15, 0.2) is 61.2 Å². The van der Waals surface area contributed by atoms with Gasteiger partial charge in [0.2, 0.25) is 0 Å². The average Bonchev–Trinajstić information content (AvgIpc) is 3.16. The normalized spacial score (nSPS) is 10.8. The van der Waals surface area contributed by atoms with Gasteiger partial charge in [0.1, 0.15) is 12.7 Å². The average molecular weight is 343 g/mol. The van der Waals surface area contributed by atoms with E-state index in [9.17, 15) is 4.79 Å². The molecule has 4 rings (SSSR count). The van der Waals surface area contributed by atoms with Gasteiger partial charge in [0.15, 0.2) is 0 Å². The molecule has 26 heavy (non-hydrogen) atoms. The third kappa shape index (κ3) is 3.04. The fraction of sp³-hybridized carbons (Fsp3) is 0.100. The van der Waals surface area contributed by atoms with Gasteiger partial charge in [0.05, 0.1) is 16.8 Å². The van der Waals surface area contributed by atoms with Crippen molar-refractivity contribution >= 4 is 22.5 Å². The lowest BCUT2D eigenvalue weighted by molar-refractivity contribution is 0.102. The molecule has 0 aliphatic rings. The number of carbonyl (C=O) groups excluding carboxylic acids is 1. The van der Waals surface area contributed by atoms with E-state index in [0.29, 0.717) is 11.3 Å². The third-order valence-electron chi connectivity index (χ3n) is 4.15. The number of anilines is 1. The van der Waals surface area contributed by atoms with Gasteiger partial charge in [0.25, 0.3) is 5.91 Å². The molecule has 1 amide bonds. The predicted molar refractivity (Wildman–Crippen MR) is 101 cm³/mol. The molecule has 0 bridgehead atoms. The van der Waals surface area contributed by atoms with Crippen LogP contribution >= 0.6 is 0 Å². The van der Waals surface area contributed by atoms with Crippen LogP contribution in [-0.2, 0) is 0 Å². The Kier molecular flexibility index (Phi) is 3.93. The highest BCUT2D eigenvalue weighted by molar-refractivity contribution is 6.12. The highest BCUT2D eigenvalue weighted by atomic mass is 16.1. The van der Waals surface area contributed by atoms with E-state index in [-0.39, 0.29) is 5.91 Å². The first kappa shape index (κ1) is 16.0. The molecule has 128 valence electrons. The molecular weight excluding hydrogens is 326 g/mol. The smallest absolute Gasteiger partial charge is 0.256 e. The lowest BCUT2D eigenvalue weighted by atomic mass is 10.0. The van der Waals surface area contributed by atoms with E-state index in [1.807, 2.05) is 62.4 Å². The van der Waals surface area contributed by atoms with Crippen molar-refractivity contribution in [3.05, 3.63) is 78.0 Å². The SMILES string of the molecule is Cc1ccc2nc(C)cc(C(=O)Nc3ccc(-n4cncn4)cc3)c2c1. The highest BCUT2D eigenvalue weighted by Gasteiger charge is 2.13. The largest absolute Gasteiger partial charge is 0.322 e. The quantitative estimate of drug-likeness (QED) is 0.616. The van der Waals surface area contributed by atoms with Gasteiger partial charge in [-0.05, 0) is 56.3 Å². The number of carbonyl (C=O) groups is 1. The van der Waals surface area contributed by atoms with Crippen molar-refractivity contribution in [2.24, 2.45) is 0 Å². The van der Waals surface area contributed by atoms with Crippen LogP contribution < -0.4 is 5.32 Å². The zero-order valence-electron chi connectivity index (χ0n) is 14.5. The zero-order chi connectivity index (χ0) is 18.1. The van der Waals surface area contributed by atoms with E-state index in [2.05, 4.69) is 20.4 Å². The van der Waals surface area contributed by atoms with Gasteiger partial charge in [-0.1, -0.05) is 11.6 Å². The Balaban J connectivity index is 1.64. The number of benzene rings is 2. The molecule has 0 fully saturated rings.